The lowest BCUT2D eigenvalue weighted by atomic mass is 10.2. The summed E-state index contributed by atoms with van der Waals surface area (Å²) in [5, 5.41) is 18.5. The van der Waals surface area contributed by atoms with Crippen molar-refractivity contribution < 1.29 is 4.92 Å². The molecule has 0 saturated heterocycles. The molecule has 2 aromatic rings. The second-order valence-corrected chi connectivity index (χ2v) is 3.51. The Labute approximate surface area is 103 Å². The molecule has 0 aliphatic carbocycles. The lowest BCUT2D eigenvalue weighted by Gasteiger charge is -1.95. The number of hydrogen-bond donors (Lipinski definition) is 0. The van der Waals surface area contributed by atoms with Crippen LogP contribution in [0.3, 0.4) is 0 Å². The van der Waals surface area contributed by atoms with Gasteiger partial charge in [0.2, 0.25) is 0 Å². The summed E-state index contributed by atoms with van der Waals surface area (Å²) in [6, 6.07) is 11.7. The van der Waals surface area contributed by atoms with E-state index in [9.17, 15) is 10.1 Å². The third-order valence-corrected chi connectivity index (χ3v) is 2.20. The van der Waals surface area contributed by atoms with Gasteiger partial charge in [0.25, 0.3) is 5.69 Å². The number of rotatable bonds is 4. The van der Waals surface area contributed by atoms with Crippen molar-refractivity contribution in [2.45, 2.75) is 6.54 Å². The lowest BCUT2D eigenvalue weighted by Crippen LogP contribution is -1.89. The summed E-state index contributed by atoms with van der Waals surface area (Å²) in [7, 11) is 0. The molecule has 1 aromatic carbocycles. The highest BCUT2D eigenvalue weighted by Crippen LogP contribution is 2.14. The number of nitrogens with zero attached hydrogens (tertiary/aromatic N) is 4. The van der Waals surface area contributed by atoms with Crippen molar-refractivity contribution >= 4 is 11.5 Å². The smallest absolute Gasteiger partial charge is 0.258 e. The number of non-ortho nitro benzene ring substituents is 1. The monoisotopic (exact) mass is 242 g/mol. The summed E-state index contributed by atoms with van der Waals surface area (Å²) in [6.07, 6.45) is 1.63. The van der Waals surface area contributed by atoms with E-state index in [0.717, 1.165) is 5.56 Å². The molecule has 0 amide bonds. The van der Waals surface area contributed by atoms with Gasteiger partial charge in [-0.1, -0.05) is 18.2 Å². The van der Waals surface area contributed by atoms with Gasteiger partial charge >= 0.3 is 0 Å². The van der Waals surface area contributed by atoms with Crippen LogP contribution in [0.5, 0.6) is 0 Å². The van der Waals surface area contributed by atoms with Gasteiger partial charge in [0, 0.05) is 18.3 Å². The van der Waals surface area contributed by atoms with E-state index in [2.05, 4.69) is 15.2 Å². The number of hydrogen-bond acceptors (Lipinski definition) is 5. The third kappa shape index (κ3) is 3.18. The van der Waals surface area contributed by atoms with Crippen LogP contribution in [0.25, 0.3) is 0 Å². The average molecular weight is 242 g/mol. The fourth-order valence-corrected chi connectivity index (χ4v) is 1.37. The minimum absolute atomic E-state index is 0.0561. The number of pyridine rings is 1. The van der Waals surface area contributed by atoms with Crippen LogP contribution in [0.4, 0.5) is 11.5 Å². The SMILES string of the molecule is O=[N+]([O-])c1cccc(CN=Nc2ccccn2)c1. The second-order valence-electron chi connectivity index (χ2n) is 3.51. The fraction of sp³-hybridized carbons (Fsp3) is 0.0833. The van der Waals surface area contributed by atoms with E-state index in [1.807, 2.05) is 6.07 Å². The van der Waals surface area contributed by atoms with Gasteiger partial charge in [-0.15, -0.1) is 5.11 Å². The van der Waals surface area contributed by atoms with Gasteiger partial charge in [0.1, 0.15) is 0 Å². The molecule has 0 radical (unpaired) electrons. The van der Waals surface area contributed by atoms with Crippen LogP contribution in [0, 0.1) is 10.1 Å². The van der Waals surface area contributed by atoms with Gasteiger partial charge in [0.05, 0.1) is 11.5 Å². The molecule has 0 N–H and O–H groups in total. The molecule has 6 heteroatoms. The molecule has 90 valence electrons. The summed E-state index contributed by atoms with van der Waals surface area (Å²) in [6.45, 7) is 0.290. The quantitative estimate of drug-likeness (QED) is 0.468. The first-order valence-corrected chi connectivity index (χ1v) is 5.27. The fourth-order valence-electron chi connectivity index (χ4n) is 1.37. The summed E-state index contributed by atoms with van der Waals surface area (Å²) in [4.78, 5) is 14.1. The maximum absolute atomic E-state index is 10.6. The van der Waals surface area contributed by atoms with Gasteiger partial charge in [-0.2, -0.15) is 5.11 Å². The molecule has 0 unspecified atom stereocenters. The molecule has 1 aromatic heterocycles. The molecule has 0 bridgehead atoms. The highest BCUT2D eigenvalue weighted by Gasteiger charge is 2.04. The van der Waals surface area contributed by atoms with E-state index >= 15 is 0 Å². The van der Waals surface area contributed by atoms with Gasteiger partial charge < -0.3 is 0 Å². The van der Waals surface area contributed by atoms with Crippen molar-refractivity contribution in [3.63, 3.8) is 0 Å². The van der Waals surface area contributed by atoms with Crippen LogP contribution >= 0.6 is 0 Å². The number of benzene rings is 1. The Balaban J connectivity index is 2.04. The van der Waals surface area contributed by atoms with E-state index in [1.165, 1.54) is 12.1 Å². The second kappa shape index (κ2) is 5.62. The van der Waals surface area contributed by atoms with Gasteiger partial charge in [0.15, 0.2) is 5.82 Å². The molecule has 0 aliphatic heterocycles. The Hall–Kier alpha value is -2.63. The zero-order chi connectivity index (χ0) is 12.8. The molecule has 0 fully saturated rings. The molecule has 18 heavy (non-hydrogen) atoms. The summed E-state index contributed by atoms with van der Waals surface area (Å²) >= 11 is 0. The van der Waals surface area contributed by atoms with Gasteiger partial charge in [-0.25, -0.2) is 4.98 Å². The van der Waals surface area contributed by atoms with Crippen molar-refractivity contribution in [2.24, 2.45) is 10.2 Å². The summed E-state index contributed by atoms with van der Waals surface area (Å²) in [5.41, 5.74) is 0.796. The molecular formula is C12H10N4O2. The van der Waals surface area contributed by atoms with E-state index in [-0.39, 0.29) is 12.2 Å². The van der Waals surface area contributed by atoms with Crippen LogP contribution in [0.15, 0.2) is 58.9 Å². The lowest BCUT2D eigenvalue weighted by molar-refractivity contribution is -0.384. The first-order valence-electron chi connectivity index (χ1n) is 5.27. The minimum Gasteiger partial charge on any atom is -0.258 e. The zero-order valence-corrected chi connectivity index (χ0v) is 9.43. The van der Waals surface area contributed by atoms with E-state index in [0.29, 0.717) is 5.82 Å². The van der Waals surface area contributed by atoms with E-state index < -0.39 is 4.92 Å². The molecule has 0 saturated carbocycles. The predicted molar refractivity (Wildman–Crippen MR) is 65.6 cm³/mol. The highest BCUT2D eigenvalue weighted by molar-refractivity contribution is 5.34. The Morgan fingerprint density at radius 3 is 2.83 bits per heavy atom. The predicted octanol–water partition coefficient (Wildman–Crippen LogP) is 3.27. The average Bonchev–Trinajstić information content (AvgIpc) is 2.40. The molecule has 1 heterocycles. The van der Waals surface area contributed by atoms with Crippen molar-refractivity contribution in [3.05, 3.63) is 64.3 Å². The Morgan fingerprint density at radius 1 is 1.22 bits per heavy atom. The number of nitro benzene ring substituents is 1. The standard InChI is InChI=1S/C12H10N4O2/c17-16(18)11-5-3-4-10(8-11)9-14-15-12-6-1-2-7-13-12/h1-8H,9H2. The molecule has 6 nitrogen and oxygen atoms in total. The summed E-state index contributed by atoms with van der Waals surface area (Å²) in [5.74, 6) is 0.517. The van der Waals surface area contributed by atoms with Gasteiger partial charge in [-0.05, 0) is 17.7 Å². The minimum atomic E-state index is -0.431. The number of aromatic nitrogens is 1. The Bertz CT molecular complexity index is 569. The Kier molecular flexibility index (Phi) is 3.70. The van der Waals surface area contributed by atoms with Crippen molar-refractivity contribution in [2.75, 3.05) is 0 Å². The molecular weight excluding hydrogens is 232 g/mol. The maximum Gasteiger partial charge on any atom is 0.269 e. The normalized spacial score (nSPS) is 10.7. The molecule has 2 rings (SSSR count). The van der Waals surface area contributed by atoms with E-state index in [1.54, 1.807) is 30.5 Å². The van der Waals surface area contributed by atoms with Crippen LogP contribution < -0.4 is 0 Å². The largest absolute Gasteiger partial charge is 0.269 e. The molecule has 0 spiro atoms. The van der Waals surface area contributed by atoms with Crippen LogP contribution in [-0.4, -0.2) is 9.91 Å². The topological polar surface area (TPSA) is 80.8 Å². The first-order chi connectivity index (χ1) is 8.75. The van der Waals surface area contributed by atoms with Crippen molar-refractivity contribution in [1.82, 2.24) is 4.98 Å². The van der Waals surface area contributed by atoms with Crippen LogP contribution in [0.2, 0.25) is 0 Å². The number of azo groups is 1. The zero-order valence-electron chi connectivity index (χ0n) is 9.43. The number of nitro groups is 1. The van der Waals surface area contributed by atoms with Crippen molar-refractivity contribution in [1.29, 1.82) is 0 Å². The van der Waals surface area contributed by atoms with Crippen LogP contribution in [-0.2, 0) is 6.54 Å². The highest BCUT2D eigenvalue weighted by atomic mass is 16.6. The first kappa shape index (κ1) is 11.8. The third-order valence-electron chi connectivity index (χ3n) is 2.20. The summed E-state index contributed by atoms with van der Waals surface area (Å²) < 4.78 is 0. The molecule has 0 aliphatic rings. The maximum atomic E-state index is 10.6. The van der Waals surface area contributed by atoms with Crippen LogP contribution in [0.1, 0.15) is 5.56 Å². The Morgan fingerprint density at radius 2 is 2.11 bits per heavy atom. The molecule has 0 atom stereocenters. The van der Waals surface area contributed by atoms with Crippen molar-refractivity contribution in [3.8, 4) is 0 Å². The van der Waals surface area contributed by atoms with E-state index in [4.69, 9.17) is 0 Å². The van der Waals surface area contributed by atoms with Gasteiger partial charge in [-0.3, -0.25) is 10.1 Å².